The molecule has 0 aliphatic carbocycles. The summed E-state index contributed by atoms with van der Waals surface area (Å²) in [5.41, 5.74) is 0.436. The number of nitrogens with one attached hydrogen (secondary N) is 1. The zero-order valence-corrected chi connectivity index (χ0v) is 12.6. The van der Waals surface area contributed by atoms with Crippen LogP contribution in [0.5, 0.6) is 0 Å². The quantitative estimate of drug-likeness (QED) is 0.926. The molecule has 0 aliphatic heterocycles. The van der Waals surface area contributed by atoms with Gasteiger partial charge in [0.2, 0.25) is 5.13 Å². The van der Waals surface area contributed by atoms with Gasteiger partial charge in [0.1, 0.15) is 11.6 Å². The zero-order valence-electron chi connectivity index (χ0n) is 11.0. The van der Waals surface area contributed by atoms with E-state index >= 15 is 0 Å². The summed E-state index contributed by atoms with van der Waals surface area (Å²) in [7, 11) is 0. The molecule has 0 saturated carbocycles. The van der Waals surface area contributed by atoms with Gasteiger partial charge in [-0.1, -0.05) is 23.7 Å². The van der Waals surface area contributed by atoms with Crippen molar-refractivity contribution in [3.05, 3.63) is 40.4 Å². The van der Waals surface area contributed by atoms with Gasteiger partial charge >= 0.3 is 0 Å². The number of halogens is 2. The molecule has 0 fully saturated rings. The van der Waals surface area contributed by atoms with Crippen molar-refractivity contribution < 1.29 is 4.39 Å². The molecule has 1 aromatic carbocycles. The normalized spacial score (nSPS) is 11.6. The van der Waals surface area contributed by atoms with Crippen molar-refractivity contribution in [2.24, 2.45) is 0 Å². The van der Waals surface area contributed by atoms with E-state index in [0.717, 1.165) is 5.13 Å². The lowest BCUT2D eigenvalue weighted by molar-refractivity contribution is 0.612. The number of aromatic nitrogens is 2. The van der Waals surface area contributed by atoms with Gasteiger partial charge in [-0.3, -0.25) is 0 Å². The fraction of sp³-hybridized carbons (Fsp3) is 0.385. The average Bonchev–Trinajstić information content (AvgIpc) is 2.70. The number of hydrogen-bond acceptors (Lipinski definition) is 4. The van der Waals surface area contributed by atoms with Crippen molar-refractivity contribution in [3.8, 4) is 0 Å². The molecular formula is C13H15ClFN3S. The van der Waals surface area contributed by atoms with Crippen LogP contribution in [0, 0.1) is 5.82 Å². The summed E-state index contributed by atoms with van der Waals surface area (Å²) in [5, 5.41) is 4.10. The second-order valence-corrected chi connectivity index (χ2v) is 6.44. The fourth-order valence-corrected chi connectivity index (χ4v) is 2.54. The minimum atomic E-state index is -0.399. The second kappa shape index (κ2) is 5.43. The molecule has 0 atom stereocenters. The third kappa shape index (κ3) is 3.88. The summed E-state index contributed by atoms with van der Waals surface area (Å²) in [5.74, 6) is 0.196. The Labute approximate surface area is 121 Å². The molecule has 0 aliphatic rings. The van der Waals surface area contributed by atoms with Gasteiger partial charge in [0.25, 0.3) is 0 Å². The van der Waals surface area contributed by atoms with Crippen LogP contribution in [0.3, 0.4) is 0 Å². The van der Waals surface area contributed by atoms with E-state index in [1.54, 1.807) is 12.1 Å². The highest BCUT2D eigenvalue weighted by Gasteiger charge is 2.14. The van der Waals surface area contributed by atoms with Crippen LogP contribution >= 0.6 is 23.1 Å². The van der Waals surface area contributed by atoms with Gasteiger partial charge < -0.3 is 5.32 Å². The van der Waals surface area contributed by atoms with Crippen LogP contribution in [0.4, 0.5) is 9.52 Å². The van der Waals surface area contributed by atoms with Crippen molar-refractivity contribution in [1.29, 1.82) is 0 Å². The molecule has 0 radical (unpaired) electrons. The van der Waals surface area contributed by atoms with Crippen LogP contribution in [-0.2, 0) is 6.42 Å². The van der Waals surface area contributed by atoms with Crippen molar-refractivity contribution in [2.45, 2.75) is 32.7 Å². The molecule has 0 saturated heterocycles. The van der Waals surface area contributed by atoms with Crippen molar-refractivity contribution in [1.82, 2.24) is 9.36 Å². The molecule has 2 rings (SSSR count). The second-order valence-electron chi connectivity index (χ2n) is 5.28. The van der Waals surface area contributed by atoms with E-state index < -0.39 is 5.82 Å². The molecule has 102 valence electrons. The molecule has 0 amide bonds. The summed E-state index contributed by atoms with van der Waals surface area (Å²) < 4.78 is 18.0. The largest absolute Gasteiger partial charge is 0.356 e. The first-order valence-electron chi connectivity index (χ1n) is 5.89. The number of rotatable bonds is 3. The van der Waals surface area contributed by atoms with Crippen LogP contribution in [0.2, 0.25) is 5.02 Å². The number of anilines is 1. The van der Waals surface area contributed by atoms with Crippen LogP contribution < -0.4 is 5.32 Å². The van der Waals surface area contributed by atoms with Gasteiger partial charge in [-0.15, -0.1) is 0 Å². The molecule has 1 N–H and O–H groups in total. The van der Waals surface area contributed by atoms with E-state index in [0.29, 0.717) is 17.8 Å². The van der Waals surface area contributed by atoms with Crippen LogP contribution in [-0.4, -0.2) is 14.9 Å². The average molecular weight is 300 g/mol. The maximum absolute atomic E-state index is 13.8. The molecule has 19 heavy (non-hydrogen) atoms. The predicted molar refractivity (Wildman–Crippen MR) is 77.5 cm³/mol. The lowest BCUT2D eigenvalue weighted by Gasteiger charge is -2.18. The zero-order chi connectivity index (χ0) is 14.0. The highest BCUT2D eigenvalue weighted by atomic mass is 35.5. The smallest absolute Gasteiger partial charge is 0.202 e. The van der Waals surface area contributed by atoms with Gasteiger partial charge in [0.15, 0.2) is 0 Å². The minimum Gasteiger partial charge on any atom is -0.356 e. The Hall–Kier alpha value is -1.20. The van der Waals surface area contributed by atoms with E-state index in [2.05, 4.69) is 14.7 Å². The maximum Gasteiger partial charge on any atom is 0.202 e. The molecule has 1 aromatic heterocycles. The molecule has 2 aromatic rings. The molecule has 1 heterocycles. The Bertz CT molecular complexity index is 578. The first-order chi connectivity index (χ1) is 8.85. The highest BCUT2D eigenvalue weighted by Crippen LogP contribution is 2.22. The van der Waals surface area contributed by atoms with Crippen molar-refractivity contribution in [3.63, 3.8) is 0 Å². The van der Waals surface area contributed by atoms with E-state index in [1.165, 1.54) is 17.6 Å². The molecule has 3 nitrogen and oxygen atoms in total. The Morgan fingerprint density at radius 3 is 2.79 bits per heavy atom. The summed E-state index contributed by atoms with van der Waals surface area (Å²) >= 11 is 7.02. The summed E-state index contributed by atoms with van der Waals surface area (Å²) in [6, 6.07) is 4.95. The van der Waals surface area contributed by atoms with Gasteiger partial charge in [-0.2, -0.15) is 4.37 Å². The van der Waals surface area contributed by atoms with Crippen LogP contribution in [0.1, 0.15) is 32.2 Å². The SMILES string of the molecule is CC(C)(C)Nc1nc(Cc2cccc(Cl)c2F)ns1. The fourth-order valence-electron chi connectivity index (χ4n) is 1.55. The first-order valence-corrected chi connectivity index (χ1v) is 7.04. The summed E-state index contributed by atoms with van der Waals surface area (Å²) in [6.45, 7) is 6.14. The Balaban J connectivity index is 2.14. The molecule has 6 heteroatoms. The van der Waals surface area contributed by atoms with Crippen molar-refractivity contribution in [2.75, 3.05) is 5.32 Å². The minimum absolute atomic E-state index is 0.0713. The lowest BCUT2D eigenvalue weighted by Crippen LogP contribution is -2.25. The van der Waals surface area contributed by atoms with E-state index in [-0.39, 0.29) is 10.6 Å². The Morgan fingerprint density at radius 2 is 2.11 bits per heavy atom. The van der Waals surface area contributed by atoms with Crippen LogP contribution in [0.15, 0.2) is 18.2 Å². The molecule has 0 bridgehead atoms. The van der Waals surface area contributed by atoms with E-state index in [1.807, 2.05) is 20.8 Å². The maximum atomic E-state index is 13.8. The predicted octanol–water partition coefficient (Wildman–Crippen LogP) is 4.13. The standard InChI is InChI=1S/C13H15ClFN3S/c1-13(2,3)17-12-16-10(18-19-12)7-8-5-4-6-9(14)11(8)15/h4-6H,7H2,1-3H3,(H,16,17,18). The lowest BCUT2D eigenvalue weighted by atomic mass is 10.1. The first kappa shape index (κ1) is 14.2. The Kier molecular flexibility index (Phi) is 4.06. The van der Waals surface area contributed by atoms with Gasteiger partial charge in [0, 0.05) is 23.5 Å². The topological polar surface area (TPSA) is 37.8 Å². The molecular weight excluding hydrogens is 285 g/mol. The summed E-state index contributed by atoms with van der Waals surface area (Å²) in [6.07, 6.45) is 0.342. The molecule has 0 unspecified atom stereocenters. The third-order valence-electron chi connectivity index (χ3n) is 2.33. The van der Waals surface area contributed by atoms with Gasteiger partial charge in [-0.25, -0.2) is 9.37 Å². The van der Waals surface area contributed by atoms with Gasteiger partial charge in [0.05, 0.1) is 5.02 Å². The Morgan fingerprint density at radius 1 is 1.37 bits per heavy atom. The monoisotopic (exact) mass is 299 g/mol. The van der Waals surface area contributed by atoms with Gasteiger partial charge in [-0.05, 0) is 32.4 Å². The number of hydrogen-bond donors (Lipinski definition) is 1. The summed E-state index contributed by atoms with van der Waals surface area (Å²) in [4.78, 5) is 4.35. The van der Waals surface area contributed by atoms with E-state index in [4.69, 9.17) is 11.6 Å². The highest BCUT2D eigenvalue weighted by molar-refractivity contribution is 7.09. The third-order valence-corrected chi connectivity index (χ3v) is 3.29. The van der Waals surface area contributed by atoms with Crippen molar-refractivity contribution >= 4 is 28.3 Å². The number of nitrogens with zero attached hydrogens (tertiary/aromatic N) is 2. The van der Waals surface area contributed by atoms with Crippen LogP contribution in [0.25, 0.3) is 0 Å². The van der Waals surface area contributed by atoms with E-state index in [9.17, 15) is 4.39 Å². The number of benzene rings is 1. The molecule has 0 spiro atoms.